The summed E-state index contributed by atoms with van der Waals surface area (Å²) in [5.74, 6) is 1.05. The molecule has 0 saturated carbocycles. The van der Waals surface area contributed by atoms with E-state index in [4.69, 9.17) is 10.1 Å². The molecule has 1 aliphatic heterocycles. The fourth-order valence-corrected chi connectivity index (χ4v) is 4.12. The predicted molar refractivity (Wildman–Crippen MR) is 115 cm³/mol. The van der Waals surface area contributed by atoms with E-state index in [9.17, 15) is 4.79 Å². The second-order valence-corrected chi connectivity index (χ2v) is 7.89. The van der Waals surface area contributed by atoms with E-state index >= 15 is 0 Å². The lowest BCUT2D eigenvalue weighted by molar-refractivity contribution is 0.0704. The number of pyridine rings is 2. The van der Waals surface area contributed by atoms with Gasteiger partial charge >= 0.3 is 0 Å². The van der Waals surface area contributed by atoms with Crippen molar-refractivity contribution in [2.75, 3.05) is 13.1 Å². The molecule has 6 nitrogen and oxygen atoms in total. The van der Waals surface area contributed by atoms with E-state index in [1.165, 1.54) is 0 Å². The summed E-state index contributed by atoms with van der Waals surface area (Å²) >= 11 is 0. The van der Waals surface area contributed by atoms with Crippen molar-refractivity contribution in [2.45, 2.75) is 25.7 Å². The molecule has 0 bridgehead atoms. The maximum absolute atomic E-state index is 13.0. The standard InChI is InChI=1S/C24H23N5O/c1-17-4-2-5-19(14-17)24(30)28-13-3-6-21(15-28)23-26-22-8-7-20(16-29(22)27-23)18-9-11-25-12-10-18/h2,4-5,7-12,14,16,21H,3,6,13,15H2,1H3/t21-/m1/s1. The number of carbonyl (C=O) groups excluding carboxylic acids is 1. The van der Waals surface area contributed by atoms with Crippen LogP contribution >= 0.6 is 0 Å². The van der Waals surface area contributed by atoms with Gasteiger partial charge in [0.05, 0.1) is 0 Å². The van der Waals surface area contributed by atoms with E-state index < -0.39 is 0 Å². The summed E-state index contributed by atoms with van der Waals surface area (Å²) in [6, 6.07) is 15.8. The Balaban J connectivity index is 1.39. The van der Waals surface area contributed by atoms with E-state index in [2.05, 4.69) is 11.1 Å². The molecule has 3 aromatic heterocycles. The van der Waals surface area contributed by atoms with Crippen LogP contribution in [0.4, 0.5) is 0 Å². The summed E-state index contributed by atoms with van der Waals surface area (Å²) in [5, 5.41) is 4.76. The monoisotopic (exact) mass is 397 g/mol. The molecule has 150 valence electrons. The average Bonchev–Trinajstić information content (AvgIpc) is 3.23. The maximum Gasteiger partial charge on any atom is 0.253 e. The first-order valence-corrected chi connectivity index (χ1v) is 10.3. The summed E-state index contributed by atoms with van der Waals surface area (Å²) in [6.07, 6.45) is 7.52. The molecule has 0 aliphatic carbocycles. The summed E-state index contributed by atoms with van der Waals surface area (Å²) in [5.41, 5.74) is 4.84. The summed E-state index contributed by atoms with van der Waals surface area (Å²) < 4.78 is 1.84. The second kappa shape index (κ2) is 7.71. The van der Waals surface area contributed by atoms with Gasteiger partial charge in [-0.2, -0.15) is 5.10 Å². The van der Waals surface area contributed by atoms with Crippen molar-refractivity contribution in [3.05, 3.63) is 84.1 Å². The zero-order valence-electron chi connectivity index (χ0n) is 16.9. The fourth-order valence-electron chi connectivity index (χ4n) is 4.12. The van der Waals surface area contributed by atoms with Gasteiger partial charge in [0.15, 0.2) is 11.5 Å². The Morgan fingerprint density at radius 2 is 1.93 bits per heavy atom. The van der Waals surface area contributed by atoms with Gasteiger partial charge in [0.25, 0.3) is 5.91 Å². The Morgan fingerprint density at radius 3 is 2.77 bits per heavy atom. The average molecular weight is 397 g/mol. The van der Waals surface area contributed by atoms with E-state index in [1.54, 1.807) is 12.4 Å². The van der Waals surface area contributed by atoms with Gasteiger partial charge in [0.2, 0.25) is 0 Å². The van der Waals surface area contributed by atoms with Crippen molar-refractivity contribution in [2.24, 2.45) is 0 Å². The minimum atomic E-state index is 0.0899. The normalized spacial score (nSPS) is 16.7. The van der Waals surface area contributed by atoms with Crippen molar-refractivity contribution in [3.63, 3.8) is 0 Å². The number of rotatable bonds is 3. The molecular formula is C24H23N5O. The topological polar surface area (TPSA) is 63.4 Å². The van der Waals surface area contributed by atoms with Crippen molar-refractivity contribution in [3.8, 4) is 11.1 Å². The van der Waals surface area contributed by atoms with Crippen molar-refractivity contribution < 1.29 is 4.79 Å². The van der Waals surface area contributed by atoms with Crippen molar-refractivity contribution in [1.82, 2.24) is 24.5 Å². The smallest absolute Gasteiger partial charge is 0.253 e. The van der Waals surface area contributed by atoms with E-state index in [1.807, 2.05) is 65.0 Å². The molecule has 4 aromatic rings. The van der Waals surface area contributed by atoms with Crippen LogP contribution in [0.1, 0.15) is 40.5 Å². The Bertz CT molecular complexity index is 1200. The molecule has 1 saturated heterocycles. The van der Waals surface area contributed by atoms with Crippen LogP contribution in [0.3, 0.4) is 0 Å². The van der Waals surface area contributed by atoms with Gasteiger partial charge in [0.1, 0.15) is 0 Å². The molecule has 6 heteroatoms. The lowest BCUT2D eigenvalue weighted by Crippen LogP contribution is -2.39. The van der Waals surface area contributed by atoms with Crippen LogP contribution < -0.4 is 0 Å². The highest BCUT2D eigenvalue weighted by molar-refractivity contribution is 5.94. The van der Waals surface area contributed by atoms with Crippen LogP contribution in [0.2, 0.25) is 0 Å². The molecule has 0 N–H and O–H groups in total. The van der Waals surface area contributed by atoms with Crippen LogP contribution in [-0.4, -0.2) is 43.5 Å². The first-order chi connectivity index (χ1) is 14.7. The summed E-state index contributed by atoms with van der Waals surface area (Å²) in [6.45, 7) is 3.44. The minimum Gasteiger partial charge on any atom is -0.338 e. The lowest BCUT2D eigenvalue weighted by atomic mass is 9.96. The fraction of sp³-hybridized carbons (Fsp3) is 0.250. The minimum absolute atomic E-state index is 0.0899. The number of nitrogens with zero attached hydrogens (tertiary/aromatic N) is 5. The molecule has 1 aliphatic rings. The number of aromatic nitrogens is 4. The van der Waals surface area contributed by atoms with E-state index in [0.717, 1.165) is 53.1 Å². The zero-order chi connectivity index (χ0) is 20.5. The molecule has 1 atom stereocenters. The summed E-state index contributed by atoms with van der Waals surface area (Å²) in [7, 11) is 0. The number of hydrogen-bond acceptors (Lipinski definition) is 4. The highest BCUT2D eigenvalue weighted by atomic mass is 16.2. The molecule has 0 spiro atoms. The molecule has 1 aromatic carbocycles. The van der Waals surface area contributed by atoms with Crippen molar-refractivity contribution >= 4 is 11.6 Å². The highest BCUT2D eigenvalue weighted by Gasteiger charge is 2.28. The van der Waals surface area contributed by atoms with Gasteiger partial charge in [-0.1, -0.05) is 17.7 Å². The Morgan fingerprint density at radius 1 is 1.07 bits per heavy atom. The van der Waals surface area contributed by atoms with Gasteiger partial charge in [-0.15, -0.1) is 0 Å². The number of fused-ring (bicyclic) bond motifs is 1. The van der Waals surface area contributed by atoms with Crippen LogP contribution in [0.5, 0.6) is 0 Å². The molecule has 1 amide bonds. The molecule has 0 radical (unpaired) electrons. The zero-order valence-corrected chi connectivity index (χ0v) is 16.9. The molecular weight excluding hydrogens is 374 g/mol. The van der Waals surface area contributed by atoms with Crippen LogP contribution in [-0.2, 0) is 0 Å². The SMILES string of the molecule is Cc1cccc(C(=O)N2CCC[C@@H](c3nc4ccc(-c5ccncc5)cn4n3)C2)c1. The number of carbonyl (C=O) groups is 1. The highest BCUT2D eigenvalue weighted by Crippen LogP contribution is 2.27. The Labute approximate surface area is 175 Å². The maximum atomic E-state index is 13.0. The van der Waals surface area contributed by atoms with E-state index in [-0.39, 0.29) is 11.8 Å². The van der Waals surface area contributed by atoms with Crippen LogP contribution in [0, 0.1) is 6.92 Å². The molecule has 1 fully saturated rings. The van der Waals surface area contributed by atoms with E-state index in [0.29, 0.717) is 6.54 Å². The molecule has 5 rings (SSSR count). The van der Waals surface area contributed by atoms with Gasteiger partial charge < -0.3 is 4.90 Å². The third-order valence-corrected chi connectivity index (χ3v) is 5.70. The summed E-state index contributed by atoms with van der Waals surface area (Å²) in [4.78, 5) is 23.8. The largest absolute Gasteiger partial charge is 0.338 e. The Kier molecular flexibility index (Phi) is 4.75. The number of amides is 1. The van der Waals surface area contributed by atoms with Gasteiger partial charge in [-0.05, 0) is 61.7 Å². The van der Waals surface area contributed by atoms with Gasteiger partial charge in [0, 0.05) is 48.7 Å². The lowest BCUT2D eigenvalue weighted by Gasteiger charge is -2.31. The first kappa shape index (κ1) is 18.5. The number of benzene rings is 1. The molecule has 30 heavy (non-hydrogen) atoms. The second-order valence-electron chi connectivity index (χ2n) is 7.89. The molecule has 4 heterocycles. The Hall–Kier alpha value is -3.54. The van der Waals surface area contributed by atoms with Crippen LogP contribution in [0.15, 0.2) is 67.1 Å². The van der Waals surface area contributed by atoms with Crippen LogP contribution in [0.25, 0.3) is 16.8 Å². The number of hydrogen-bond donors (Lipinski definition) is 0. The third kappa shape index (κ3) is 3.56. The number of aryl methyl sites for hydroxylation is 1. The number of likely N-dealkylation sites (tertiary alicyclic amines) is 1. The molecule has 0 unspecified atom stereocenters. The van der Waals surface area contributed by atoms with Gasteiger partial charge in [-0.25, -0.2) is 9.50 Å². The first-order valence-electron chi connectivity index (χ1n) is 10.3. The third-order valence-electron chi connectivity index (χ3n) is 5.70. The number of piperidine rings is 1. The predicted octanol–water partition coefficient (Wildman–Crippen LogP) is 4.12. The van der Waals surface area contributed by atoms with Gasteiger partial charge in [-0.3, -0.25) is 9.78 Å². The quantitative estimate of drug-likeness (QED) is 0.522. The van der Waals surface area contributed by atoms with Crippen molar-refractivity contribution in [1.29, 1.82) is 0 Å².